The van der Waals surface area contributed by atoms with Gasteiger partial charge in [-0.15, -0.1) is 0 Å². The molecule has 0 saturated heterocycles. The molecule has 0 heterocycles. The van der Waals surface area contributed by atoms with E-state index < -0.39 is 10.7 Å². The van der Waals surface area contributed by atoms with Gasteiger partial charge in [-0.1, -0.05) is 42.0 Å². The summed E-state index contributed by atoms with van der Waals surface area (Å²) in [6.07, 6.45) is 0.115. The van der Waals surface area contributed by atoms with Crippen LogP contribution in [0.3, 0.4) is 0 Å². The summed E-state index contributed by atoms with van der Waals surface area (Å²) in [6, 6.07) is 19.0. The molecule has 3 aromatic rings. The molecule has 142 valence electrons. The molecule has 6 heteroatoms. The topological polar surface area (TPSA) is 72.2 Å². The molecular weight excluding hydrogens is 359 g/mol. The normalized spacial score (nSPS) is 11.6. The van der Waals surface area contributed by atoms with Crippen molar-refractivity contribution in [3.63, 3.8) is 0 Å². The van der Waals surface area contributed by atoms with Crippen molar-refractivity contribution in [1.29, 1.82) is 0 Å². The first-order valence-corrected chi connectivity index (χ1v) is 8.79. The molecular formula is C22H19FN2O3. The lowest BCUT2D eigenvalue weighted by Gasteiger charge is -2.20. The van der Waals surface area contributed by atoms with Gasteiger partial charge < -0.3 is 5.32 Å². The summed E-state index contributed by atoms with van der Waals surface area (Å²) >= 11 is 0. The summed E-state index contributed by atoms with van der Waals surface area (Å²) in [5, 5.41) is 14.1. The molecule has 3 aromatic carbocycles. The number of aryl methyl sites for hydroxylation is 1. The second kappa shape index (κ2) is 8.43. The average molecular weight is 378 g/mol. The van der Waals surface area contributed by atoms with E-state index in [1.165, 1.54) is 30.3 Å². The summed E-state index contributed by atoms with van der Waals surface area (Å²) in [7, 11) is 0. The molecule has 28 heavy (non-hydrogen) atoms. The Morgan fingerprint density at radius 1 is 1.07 bits per heavy atom. The van der Waals surface area contributed by atoms with Crippen molar-refractivity contribution < 1.29 is 14.1 Å². The van der Waals surface area contributed by atoms with Crippen LogP contribution in [0.2, 0.25) is 0 Å². The van der Waals surface area contributed by atoms with Crippen molar-refractivity contribution in [2.45, 2.75) is 19.4 Å². The Bertz CT molecular complexity index is 1000. The zero-order valence-electron chi connectivity index (χ0n) is 15.3. The molecule has 1 unspecified atom stereocenters. The van der Waals surface area contributed by atoms with Crippen LogP contribution in [0.1, 0.15) is 33.9 Å². The van der Waals surface area contributed by atoms with E-state index in [0.717, 1.165) is 11.1 Å². The van der Waals surface area contributed by atoms with Gasteiger partial charge in [-0.2, -0.15) is 0 Å². The van der Waals surface area contributed by atoms with Crippen LogP contribution in [0.25, 0.3) is 0 Å². The van der Waals surface area contributed by atoms with Gasteiger partial charge in [0.25, 0.3) is 5.69 Å². The Morgan fingerprint density at radius 3 is 2.43 bits per heavy atom. The Kier molecular flexibility index (Phi) is 5.79. The third-order valence-corrected chi connectivity index (χ3v) is 4.40. The fourth-order valence-electron chi connectivity index (χ4n) is 2.98. The minimum absolute atomic E-state index is 0.00603. The van der Waals surface area contributed by atoms with Crippen molar-refractivity contribution in [3.05, 3.63) is 105 Å². The second-order valence-electron chi connectivity index (χ2n) is 6.55. The number of nitro groups is 1. The quantitative estimate of drug-likeness (QED) is 0.336. The highest BCUT2D eigenvalue weighted by Crippen LogP contribution is 2.26. The van der Waals surface area contributed by atoms with E-state index in [-0.39, 0.29) is 23.9 Å². The van der Waals surface area contributed by atoms with Crippen molar-refractivity contribution in [2.75, 3.05) is 5.32 Å². The van der Waals surface area contributed by atoms with E-state index in [0.29, 0.717) is 11.3 Å². The molecule has 0 spiro atoms. The number of nitrogens with zero attached hydrogens (tertiary/aromatic N) is 1. The lowest BCUT2D eigenvalue weighted by Crippen LogP contribution is -2.16. The van der Waals surface area contributed by atoms with E-state index in [9.17, 15) is 19.3 Å². The van der Waals surface area contributed by atoms with Crippen molar-refractivity contribution in [2.24, 2.45) is 0 Å². The van der Waals surface area contributed by atoms with Crippen LogP contribution in [0, 0.1) is 22.9 Å². The maximum atomic E-state index is 13.5. The Labute approximate surface area is 162 Å². The number of ketones is 1. The molecule has 0 saturated carbocycles. The standard InChI is InChI=1S/C22H19FN2O3/c1-15-4-2-5-16(12-15)21(14-22(26)17-6-3-7-18(23)13-17)24-19-8-10-20(11-9-19)25(27)28/h2-13,21,24H,14H2,1H3. The van der Waals surface area contributed by atoms with Crippen LogP contribution in [-0.2, 0) is 0 Å². The Balaban J connectivity index is 1.86. The lowest BCUT2D eigenvalue weighted by atomic mass is 9.96. The lowest BCUT2D eigenvalue weighted by molar-refractivity contribution is -0.384. The molecule has 5 nitrogen and oxygen atoms in total. The molecule has 0 aliphatic rings. The molecule has 0 fully saturated rings. The van der Waals surface area contributed by atoms with Crippen LogP contribution in [-0.4, -0.2) is 10.7 Å². The second-order valence-corrected chi connectivity index (χ2v) is 6.55. The van der Waals surface area contributed by atoms with Gasteiger partial charge in [-0.25, -0.2) is 4.39 Å². The number of benzene rings is 3. The third kappa shape index (κ3) is 4.79. The highest BCUT2D eigenvalue weighted by molar-refractivity contribution is 5.96. The summed E-state index contributed by atoms with van der Waals surface area (Å²) in [4.78, 5) is 23.1. The fraction of sp³-hybridized carbons (Fsp3) is 0.136. The van der Waals surface area contributed by atoms with Gasteiger partial charge in [-0.3, -0.25) is 14.9 Å². The minimum atomic E-state index is -0.463. The number of rotatable bonds is 7. The van der Waals surface area contributed by atoms with Crippen LogP contribution >= 0.6 is 0 Å². The monoisotopic (exact) mass is 378 g/mol. The SMILES string of the molecule is Cc1cccc(C(CC(=O)c2cccc(F)c2)Nc2ccc([N+](=O)[O-])cc2)c1. The van der Waals surface area contributed by atoms with Gasteiger partial charge in [0.1, 0.15) is 5.82 Å². The minimum Gasteiger partial charge on any atom is -0.378 e. The van der Waals surface area contributed by atoms with E-state index in [1.807, 2.05) is 31.2 Å². The largest absolute Gasteiger partial charge is 0.378 e. The number of hydrogen-bond acceptors (Lipinski definition) is 4. The molecule has 0 bridgehead atoms. The predicted molar refractivity (Wildman–Crippen MR) is 106 cm³/mol. The summed E-state index contributed by atoms with van der Waals surface area (Å²) in [6.45, 7) is 1.96. The first-order chi connectivity index (χ1) is 13.4. The van der Waals surface area contributed by atoms with Gasteiger partial charge in [0.15, 0.2) is 5.78 Å². The Morgan fingerprint density at radius 2 is 1.79 bits per heavy atom. The molecule has 0 aliphatic carbocycles. The number of anilines is 1. The van der Waals surface area contributed by atoms with Crippen molar-refractivity contribution in [1.82, 2.24) is 0 Å². The molecule has 1 atom stereocenters. The maximum Gasteiger partial charge on any atom is 0.269 e. The highest BCUT2D eigenvalue weighted by atomic mass is 19.1. The molecule has 3 rings (SSSR count). The summed E-state index contributed by atoms with van der Waals surface area (Å²) < 4.78 is 13.5. The number of non-ortho nitro benzene ring substituents is 1. The Hall–Kier alpha value is -3.54. The zero-order chi connectivity index (χ0) is 20.1. The zero-order valence-corrected chi connectivity index (χ0v) is 15.3. The van der Waals surface area contributed by atoms with E-state index in [1.54, 1.807) is 18.2 Å². The molecule has 0 amide bonds. The smallest absolute Gasteiger partial charge is 0.269 e. The van der Waals surface area contributed by atoms with Crippen LogP contribution in [0.15, 0.2) is 72.8 Å². The van der Waals surface area contributed by atoms with Crippen molar-refractivity contribution in [3.8, 4) is 0 Å². The van der Waals surface area contributed by atoms with E-state index in [2.05, 4.69) is 5.32 Å². The summed E-state index contributed by atoms with van der Waals surface area (Å²) in [5.74, 6) is -0.651. The number of Topliss-reactive ketones (excluding diaryl/α,β-unsaturated/α-hetero) is 1. The summed E-state index contributed by atoms with van der Waals surface area (Å²) in [5.41, 5.74) is 2.91. The first-order valence-electron chi connectivity index (χ1n) is 8.79. The van der Waals surface area contributed by atoms with Crippen LogP contribution in [0.5, 0.6) is 0 Å². The average Bonchev–Trinajstić information content (AvgIpc) is 2.68. The highest BCUT2D eigenvalue weighted by Gasteiger charge is 2.18. The number of nitrogens with one attached hydrogen (secondary N) is 1. The maximum absolute atomic E-state index is 13.5. The van der Waals surface area contributed by atoms with E-state index >= 15 is 0 Å². The van der Waals surface area contributed by atoms with E-state index in [4.69, 9.17) is 0 Å². The number of nitro benzene ring substituents is 1. The fourth-order valence-corrected chi connectivity index (χ4v) is 2.98. The van der Waals surface area contributed by atoms with Gasteiger partial charge in [0.05, 0.1) is 11.0 Å². The number of carbonyl (C=O) groups is 1. The third-order valence-electron chi connectivity index (χ3n) is 4.40. The predicted octanol–water partition coefficient (Wildman–Crippen LogP) is 5.47. The van der Waals surface area contributed by atoms with Gasteiger partial charge >= 0.3 is 0 Å². The molecule has 0 aromatic heterocycles. The molecule has 1 N–H and O–H groups in total. The van der Waals surface area contributed by atoms with Crippen LogP contribution < -0.4 is 5.32 Å². The van der Waals surface area contributed by atoms with Gasteiger partial charge in [-0.05, 0) is 36.8 Å². The first kappa shape index (κ1) is 19.2. The molecule has 0 aliphatic heterocycles. The number of carbonyl (C=O) groups excluding carboxylic acids is 1. The van der Waals surface area contributed by atoms with Gasteiger partial charge in [0, 0.05) is 29.8 Å². The number of halogens is 1. The van der Waals surface area contributed by atoms with Crippen molar-refractivity contribution >= 4 is 17.2 Å². The number of hydrogen-bond donors (Lipinski definition) is 1. The van der Waals surface area contributed by atoms with Crippen LogP contribution in [0.4, 0.5) is 15.8 Å². The molecule has 0 radical (unpaired) electrons. The van der Waals surface area contributed by atoms with Gasteiger partial charge in [0.2, 0.25) is 0 Å².